The number of fused-ring (bicyclic) bond motifs is 1. The van der Waals surface area contributed by atoms with Crippen molar-refractivity contribution in [2.24, 2.45) is 5.73 Å². The van der Waals surface area contributed by atoms with Crippen LogP contribution in [0.2, 0.25) is 0 Å². The third-order valence-electron chi connectivity index (χ3n) is 2.88. The molecule has 90 valence electrons. The molecule has 0 fully saturated rings. The van der Waals surface area contributed by atoms with Crippen molar-refractivity contribution in [2.45, 2.75) is 12.6 Å². The highest BCUT2D eigenvalue weighted by atomic mass is 16.4. The molecule has 6 nitrogen and oxygen atoms in total. The molecule has 0 radical (unpaired) electrons. The normalized spacial score (nSPS) is 19.9. The number of hydrazine groups is 1. The molecule has 0 bridgehead atoms. The number of hydrogen-bond donors (Lipinski definition) is 2. The molecular formula is C11H13N3O3. The topological polar surface area (TPSA) is 86.9 Å². The molecular weight excluding hydrogens is 222 g/mol. The van der Waals surface area contributed by atoms with E-state index in [9.17, 15) is 9.59 Å². The lowest BCUT2D eigenvalue weighted by atomic mass is 10.0. The quantitative estimate of drug-likeness (QED) is 0.687. The van der Waals surface area contributed by atoms with Crippen molar-refractivity contribution in [2.75, 3.05) is 7.05 Å². The molecule has 0 saturated heterocycles. The summed E-state index contributed by atoms with van der Waals surface area (Å²) >= 11 is 0. The van der Waals surface area contributed by atoms with Gasteiger partial charge in [0.15, 0.2) is 0 Å². The monoisotopic (exact) mass is 235 g/mol. The van der Waals surface area contributed by atoms with Gasteiger partial charge in [-0.05, 0) is 11.1 Å². The van der Waals surface area contributed by atoms with Crippen LogP contribution in [0.3, 0.4) is 0 Å². The smallest absolute Gasteiger partial charge is 0.426 e. The molecule has 1 aliphatic heterocycles. The SMILES string of the molecule is CN1C(=O)[C@H](N)c2ccccc2CN1C(=O)O. The van der Waals surface area contributed by atoms with Crippen molar-refractivity contribution >= 4 is 12.0 Å². The zero-order valence-corrected chi connectivity index (χ0v) is 9.33. The maximum atomic E-state index is 11.9. The highest BCUT2D eigenvalue weighted by Crippen LogP contribution is 2.24. The van der Waals surface area contributed by atoms with Gasteiger partial charge < -0.3 is 10.8 Å². The lowest BCUT2D eigenvalue weighted by molar-refractivity contribution is -0.144. The van der Waals surface area contributed by atoms with Crippen LogP contribution in [0.15, 0.2) is 24.3 Å². The molecule has 0 aromatic heterocycles. The molecule has 0 unspecified atom stereocenters. The van der Waals surface area contributed by atoms with Crippen LogP contribution in [0.1, 0.15) is 17.2 Å². The Balaban J connectivity index is 2.50. The van der Waals surface area contributed by atoms with Gasteiger partial charge in [0.05, 0.1) is 6.54 Å². The molecule has 1 aromatic carbocycles. The number of benzene rings is 1. The lowest BCUT2D eigenvalue weighted by Crippen LogP contribution is -2.47. The predicted octanol–water partition coefficient (Wildman–Crippen LogP) is 0.553. The Labute approximate surface area is 98.2 Å². The van der Waals surface area contributed by atoms with Gasteiger partial charge >= 0.3 is 6.09 Å². The number of carbonyl (C=O) groups excluding carboxylic acids is 1. The van der Waals surface area contributed by atoms with Crippen LogP contribution in [0.5, 0.6) is 0 Å². The Morgan fingerprint density at radius 3 is 2.76 bits per heavy atom. The van der Waals surface area contributed by atoms with Crippen molar-refractivity contribution in [3.05, 3.63) is 35.4 Å². The number of hydrogen-bond acceptors (Lipinski definition) is 3. The molecule has 1 heterocycles. The molecule has 2 amide bonds. The van der Waals surface area contributed by atoms with Crippen LogP contribution < -0.4 is 5.73 Å². The lowest BCUT2D eigenvalue weighted by Gasteiger charge is -2.27. The summed E-state index contributed by atoms with van der Waals surface area (Å²) in [4.78, 5) is 23.0. The molecule has 2 rings (SSSR count). The molecule has 3 N–H and O–H groups in total. The minimum absolute atomic E-state index is 0.126. The summed E-state index contributed by atoms with van der Waals surface area (Å²) in [5.74, 6) is -0.433. The maximum Gasteiger partial charge on any atom is 0.426 e. The third kappa shape index (κ3) is 1.83. The third-order valence-corrected chi connectivity index (χ3v) is 2.88. The first-order valence-corrected chi connectivity index (χ1v) is 5.13. The first kappa shape index (κ1) is 11.4. The summed E-state index contributed by atoms with van der Waals surface area (Å²) in [6, 6.07) is 6.28. The zero-order valence-electron chi connectivity index (χ0n) is 9.33. The average molecular weight is 235 g/mol. The molecule has 6 heteroatoms. The Hall–Kier alpha value is -2.08. The minimum Gasteiger partial charge on any atom is -0.464 e. The van der Waals surface area contributed by atoms with Crippen LogP contribution in [0, 0.1) is 0 Å². The fourth-order valence-electron chi connectivity index (χ4n) is 1.90. The molecule has 1 aliphatic rings. The van der Waals surface area contributed by atoms with Crippen molar-refractivity contribution in [3.8, 4) is 0 Å². The Morgan fingerprint density at radius 1 is 1.47 bits per heavy atom. The van der Waals surface area contributed by atoms with Gasteiger partial charge in [-0.3, -0.25) is 4.79 Å². The number of carboxylic acid groups (broad SMARTS) is 1. The van der Waals surface area contributed by atoms with E-state index < -0.39 is 18.0 Å². The van der Waals surface area contributed by atoms with E-state index in [1.807, 2.05) is 0 Å². The summed E-state index contributed by atoms with van der Waals surface area (Å²) in [6.07, 6.45) is -1.18. The van der Waals surface area contributed by atoms with Gasteiger partial charge in [-0.2, -0.15) is 0 Å². The van der Waals surface area contributed by atoms with Crippen LogP contribution in [-0.4, -0.2) is 34.2 Å². The number of nitrogens with zero attached hydrogens (tertiary/aromatic N) is 2. The molecule has 0 spiro atoms. The minimum atomic E-state index is -1.18. The Bertz CT molecular complexity index is 475. The van der Waals surface area contributed by atoms with Gasteiger partial charge in [-0.1, -0.05) is 24.3 Å². The van der Waals surface area contributed by atoms with Crippen LogP contribution in [0.25, 0.3) is 0 Å². The second-order valence-electron chi connectivity index (χ2n) is 3.88. The number of rotatable bonds is 0. The van der Waals surface area contributed by atoms with Gasteiger partial charge in [-0.25, -0.2) is 14.8 Å². The Kier molecular flexibility index (Phi) is 2.72. The summed E-state index contributed by atoms with van der Waals surface area (Å²) < 4.78 is 0. The first-order chi connectivity index (χ1) is 8.02. The summed E-state index contributed by atoms with van der Waals surface area (Å²) in [5, 5.41) is 11.1. The van der Waals surface area contributed by atoms with Gasteiger partial charge in [0.1, 0.15) is 6.04 Å². The van der Waals surface area contributed by atoms with E-state index in [1.165, 1.54) is 7.05 Å². The highest BCUT2D eigenvalue weighted by molar-refractivity contribution is 5.85. The van der Waals surface area contributed by atoms with E-state index in [-0.39, 0.29) is 6.54 Å². The molecule has 0 aliphatic carbocycles. The van der Waals surface area contributed by atoms with E-state index in [4.69, 9.17) is 10.8 Å². The summed E-state index contributed by atoms with van der Waals surface area (Å²) in [6.45, 7) is 0.126. The second kappa shape index (κ2) is 4.06. The van der Waals surface area contributed by atoms with Crippen molar-refractivity contribution < 1.29 is 14.7 Å². The summed E-state index contributed by atoms with van der Waals surface area (Å²) in [5.41, 5.74) is 7.26. The largest absolute Gasteiger partial charge is 0.464 e. The predicted molar refractivity (Wildman–Crippen MR) is 59.7 cm³/mol. The van der Waals surface area contributed by atoms with Crippen LogP contribution in [-0.2, 0) is 11.3 Å². The van der Waals surface area contributed by atoms with E-state index in [2.05, 4.69) is 0 Å². The molecule has 1 aromatic rings. The maximum absolute atomic E-state index is 11.9. The second-order valence-corrected chi connectivity index (χ2v) is 3.88. The first-order valence-electron chi connectivity index (χ1n) is 5.13. The van der Waals surface area contributed by atoms with Gasteiger partial charge in [0.2, 0.25) is 0 Å². The average Bonchev–Trinajstić information content (AvgIpc) is 2.41. The van der Waals surface area contributed by atoms with E-state index in [0.29, 0.717) is 5.56 Å². The number of carbonyl (C=O) groups is 2. The molecule has 1 atom stereocenters. The van der Waals surface area contributed by atoms with Gasteiger partial charge in [0.25, 0.3) is 5.91 Å². The summed E-state index contributed by atoms with van der Waals surface area (Å²) in [7, 11) is 1.40. The molecule has 0 saturated carbocycles. The Morgan fingerprint density at radius 2 is 2.12 bits per heavy atom. The highest BCUT2D eigenvalue weighted by Gasteiger charge is 2.32. The number of amides is 2. The van der Waals surface area contributed by atoms with Crippen molar-refractivity contribution in [3.63, 3.8) is 0 Å². The van der Waals surface area contributed by atoms with Crippen molar-refractivity contribution in [1.29, 1.82) is 0 Å². The van der Waals surface area contributed by atoms with E-state index in [0.717, 1.165) is 15.6 Å². The van der Waals surface area contributed by atoms with Gasteiger partial charge in [0, 0.05) is 7.05 Å². The fraction of sp³-hybridized carbons (Fsp3) is 0.273. The van der Waals surface area contributed by atoms with Crippen molar-refractivity contribution in [1.82, 2.24) is 10.0 Å². The zero-order chi connectivity index (χ0) is 12.6. The standard InChI is InChI=1S/C11H13N3O3/c1-13-10(15)9(12)8-5-3-2-4-7(8)6-14(13)11(16)17/h2-5,9H,6,12H2,1H3,(H,16,17)/t9-/m1/s1. The fourth-order valence-corrected chi connectivity index (χ4v) is 1.90. The van der Waals surface area contributed by atoms with Crippen LogP contribution >= 0.6 is 0 Å². The van der Waals surface area contributed by atoms with Crippen LogP contribution in [0.4, 0.5) is 4.79 Å². The number of likely N-dealkylation sites (N-methyl/N-ethyl adjacent to an activating group) is 1. The van der Waals surface area contributed by atoms with E-state index >= 15 is 0 Å². The molecule has 17 heavy (non-hydrogen) atoms. The van der Waals surface area contributed by atoms with Gasteiger partial charge in [-0.15, -0.1) is 0 Å². The van der Waals surface area contributed by atoms with E-state index in [1.54, 1.807) is 24.3 Å². The number of nitrogens with two attached hydrogens (primary N) is 1.